The van der Waals surface area contributed by atoms with Crippen LogP contribution in [0.4, 0.5) is 0 Å². The van der Waals surface area contributed by atoms with Crippen molar-refractivity contribution in [3.8, 4) is 11.3 Å². The molecule has 216 valence electrons. The predicted octanol–water partition coefficient (Wildman–Crippen LogP) is 7.19. The summed E-state index contributed by atoms with van der Waals surface area (Å²) in [5.41, 5.74) is 6.24. The van der Waals surface area contributed by atoms with Crippen molar-refractivity contribution in [1.29, 1.82) is 0 Å². The first-order chi connectivity index (χ1) is 19.7. The van der Waals surface area contributed by atoms with E-state index in [2.05, 4.69) is 72.5 Å². The fraction of sp³-hybridized carbons (Fsp3) is 0.500. The molecule has 0 spiro atoms. The molecule has 1 amide bonds. The molecule has 6 rings (SSSR count). The molecule has 6 nitrogen and oxygen atoms in total. The van der Waals surface area contributed by atoms with E-state index in [1.807, 2.05) is 24.0 Å². The molecule has 1 fully saturated rings. The Morgan fingerprint density at radius 3 is 2.59 bits per heavy atom. The molecule has 3 aromatic heterocycles. The third-order valence-electron chi connectivity index (χ3n) is 9.24. The highest BCUT2D eigenvalue weighted by Crippen LogP contribution is 2.38. The van der Waals surface area contributed by atoms with Crippen molar-refractivity contribution in [2.45, 2.75) is 71.8 Å². The lowest BCUT2D eigenvalue weighted by atomic mass is 9.71. The highest BCUT2D eigenvalue weighted by molar-refractivity contribution is 7.20. The molecule has 1 N–H and O–H groups in total. The second kappa shape index (κ2) is 11.7. The van der Waals surface area contributed by atoms with Crippen LogP contribution >= 0.6 is 11.3 Å². The van der Waals surface area contributed by atoms with Gasteiger partial charge in [-0.15, -0.1) is 11.3 Å². The average Bonchev–Trinajstić information content (AvgIpc) is 3.59. The summed E-state index contributed by atoms with van der Waals surface area (Å²) in [4.78, 5) is 23.0. The van der Waals surface area contributed by atoms with Gasteiger partial charge < -0.3 is 10.2 Å². The zero-order chi connectivity index (χ0) is 28.6. The van der Waals surface area contributed by atoms with Crippen LogP contribution < -0.4 is 5.32 Å². The van der Waals surface area contributed by atoms with Crippen LogP contribution in [0.15, 0.2) is 48.7 Å². The Morgan fingerprint density at radius 1 is 1.10 bits per heavy atom. The molecule has 1 aromatic carbocycles. The summed E-state index contributed by atoms with van der Waals surface area (Å²) in [5.74, 6) is 0.665. The molecule has 0 bridgehead atoms. The van der Waals surface area contributed by atoms with Gasteiger partial charge in [0.05, 0.1) is 16.6 Å². The molecule has 1 aliphatic carbocycles. The van der Waals surface area contributed by atoms with E-state index in [4.69, 9.17) is 4.98 Å². The first kappa shape index (κ1) is 28.1. The Bertz CT molecular complexity index is 1510. The van der Waals surface area contributed by atoms with Gasteiger partial charge in [-0.1, -0.05) is 51.5 Å². The number of thiophene rings is 1. The molecule has 0 saturated carbocycles. The number of likely N-dealkylation sites (tertiary alicyclic amines) is 1. The molecule has 1 saturated heterocycles. The second-order valence-electron chi connectivity index (χ2n) is 13.1. The number of nitrogens with zero attached hydrogens (tertiary/aromatic N) is 4. The third kappa shape index (κ3) is 6.26. The molecule has 1 aliphatic heterocycles. The number of rotatable bonds is 7. The first-order valence-corrected chi connectivity index (χ1v) is 16.1. The number of carbonyl (C=O) groups is 1. The van der Waals surface area contributed by atoms with Crippen LogP contribution in [0, 0.1) is 11.3 Å². The monoisotopic (exact) mass is 569 g/mol. The standard InChI is InChI=1S/C34H43N5OS/c1-34(2,3)27-12-13-28-25(21-27)20-26-22-31(41-33(26)37-28)32(40)36-29(15-19-39-17-6-5-7-18-39)23-8-10-24(11-9-23)30-14-16-35-38(30)4/h8-11,14,16,20,22,27,29H,5-7,12-13,15,17-19,21H2,1-4H3,(H,36,40)/t27-,29?/m0/s1. The van der Waals surface area contributed by atoms with Crippen LogP contribution in [-0.4, -0.2) is 45.2 Å². The van der Waals surface area contributed by atoms with E-state index >= 15 is 0 Å². The number of nitrogens with one attached hydrogen (secondary N) is 1. The highest BCUT2D eigenvalue weighted by Gasteiger charge is 2.30. The summed E-state index contributed by atoms with van der Waals surface area (Å²) in [6, 6.07) is 14.9. The molecule has 2 atom stereocenters. The lowest BCUT2D eigenvalue weighted by molar-refractivity contribution is 0.0934. The van der Waals surface area contributed by atoms with Crippen LogP contribution in [0.1, 0.15) is 85.4 Å². The van der Waals surface area contributed by atoms with E-state index in [-0.39, 0.29) is 11.9 Å². The van der Waals surface area contributed by atoms with Gasteiger partial charge in [-0.3, -0.25) is 9.48 Å². The third-order valence-corrected chi connectivity index (χ3v) is 10.3. The molecule has 4 aromatic rings. The van der Waals surface area contributed by atoms with Gasteiger partial charge in [0.1, 0.15) is 4.83 Å². The minimum atomic E-state index is -0.0519. The molecule has 1 unspecified atom stereocenters. The number of hydrogen-bond acceptors (Lipinski definition) is 5. The average molecular weight is 570 g/mol. The topological polar surface area (TPSA) is 63.1 Å². The van der Waals surface area contributed by atoms with Gasteiger partial charge >= 0.3 is 0 Å². The van der Waals surface area contributed by atoms with Crippen molar-refractivity contribution in [1.82, 2.24) is 25.0 Å². The fourth-order valence-corrected chi connectivity index (χ4v) is 7.50. The van der Waals surface area contributed by atoms with E-state index < -0.39 is 0 Å². The number of aromatic nitrogens is 3. The van der Waals surface area contributed by atoms with Crippen molar-refractivity contribution in [3.63, 3.8) is 0 Å². The van der Waals surface area contributed by atoms with Crippen molar-refractivity contribution >= 4 is 27.5 Å². The van der Waals surface area contributed by atoms with Crippen LogP contribution in [0.25, 0.3) is 21.5 Å². The van der Waals surface area contributed by atoms with Crippen molar-refractivity contribution < 1.29 is 4.79 Å². The van der Waals surface area contributed by atoms with E-state index in [0.29, 0.717) is 11.3 Å². The summed E-state index contributed by atoms with van der Waals surface area (Å²) >= 11 is 1.53. The molecule has 41 heavy (non-hydrogen) atoms. The fourth-order valence-electron chi connectivity index (χ4n) is 6.56. The number of fused-ring (bicyclic) bond motifs is 2. The predicted molar refractivity (Wildman–Crippen MR) is 168 cm³/mol. The van der Waals surface area contributed by atoms with E-state index in [9.17, 15) is 4.79 Å². The van der Waals surface area contributed by atoms with Gasteiger partial charge in [0.2, 0.25) is 0 Å². The Hall–Kier alpha value is -3.03. The van der Waals surface area contributed by atoms with E-state index in [1.165, 1.54) is 48.3 Å². The van der Waals surface area contributed by atoms with Crippen LogP contribution in [-0.2, 0) is 19.9 Å². The van der Waals surface area contributed by atoms with Gasteiger partial charge in [-0.25, -0.2) is 4.98 Å². The normalized spacial score (nSPS) is 18.8. The van der Waals surface area contributed by atoms with E-state index in [0.717, 1.165) is 70.8 Å². The smallest absolute Gasteiger partial charge is 0.261 e. The minimum absolute atomic E-state index is 0.00195. The number of pyridine rings is 1. The summed E-state index contributed by atoms with van der Waals surface area (Å²) in [6.07, 6.45) is 9.87. The number of carbonyl (C=O) groups excluding carboxylic acids is 1. The van der Waals surface area contributed by atoms with Crippen LogP contribution in [0.2, 0.25) is 0 Å². The number of aryl methyl sites for hydroxylation is 2. The minimum Gasteiger partial charge on any atom is -0.344 e. The number of benzene rings is 1. The number of hydrogen-bond donors (Lipinski definition) is 1. The van der Waals surface area contributed by atoms with Crippen molar-refractivity contribution in [2.75, 3.05) is 19.6 Å². The largest absolute Gasteiger partial charge is 0.344 e. The van der Waals surface area contributed by atoms with Gasteiger partial charge in [0, 0.05) is 30.9 Å². The van der Waals surface area contributed by atoms with Crippen LogP contribution in [0.3, 0.4) is 0 Å². The maximum atomic E-state index is 13.7. The summed E-state index contributed by atoms with van der Waals surface area (Å²) in [6.45, 7) is 10.3. The summed E-state index contributed by atoms with van der Waals surface area (Å²) in [5, 5.41) is 8.82. The molecular formula is C34H43N5OS. The van der Waals surface area contributed by atoms with Gasteiger partial charge in [0.25, 0.3) is 5.91 Å². The van der Waals surface area contributed by atoms with Crippen molar-refractivity contribution in [3.05, 3.63) is 70.4 Å². The molecular weight excluding hydrogens is 526 g/mol. The van der Waals surface area contributed by atoms with E-state index in [1.54, 1.807) is 0 Å². The maximum absolute atomic E-state index is 13.7. The zero-order valence-corrected chi connectivity index (χ0v) is 25.8. The number of amides is 1. The zero-order valence-electron chi connectivity index (χ0n) is 24.9. The maximum Gasteiger partial charge on any atom is 0.261 e. The van der Waals surface area contributed by atoms with Crippen LogP contribution in [0.5, 0.6) is 0 Å². The quantitative estimate of drug-likeness (QED) is 0.256. The van der Waals surface area contributed by atoms with Crippen molar-refractivity contribution in [2.24, 2.45) is 18.4 Å². The molecule has 0 radical (unpaired) electrons. The van der Waals surface area contributed by atoms with Gasteiger partial charge in [-0.2, -0.15) is 5.10 Å². The first-order valence-electron chi connectivity index (χ1n) is 15.3. The summed E-state index contributed by atoms with van der Waals surface area (Å²) in [7, 11) is 1.96. The Labute approximate surface area is 248 Å². The summed E-state index contributed by atoms with van der Waals surface area (Å²) < 4.78 is 1.89. The highest BCUT2D eigenvalue weighted by atomic mass is 32.1. The number of piperidine rings is 1. The molecule has 7 heteroatoms. The van der Waals surface area contributed by atoms with Gasteiger partial charge in [0.15, 0.2) is 0 Å². The lowest BCUT2D eigenvalue weighted by Gasteiger charge is -2.34. The second-order valence-corrected chi connectivity index (χ2v) is 14.1. The Balaban J connectivity index is 1.22. The lowest BCUT2D eigenvalue weighted by Crippen LogP contribution is -2.35. The van der Waals surface area contributed by atoms with Gasteiger partial charge in [-0.05, 0) is 97.8 Å². The Kier molecular flexibility index (Phi) is 8.01. The molecule has 2 aliphatic rings. The Morgan fingerprint density at radius 2 is 1.88 bits per heavy atom. The SMILES string of the molecule is Cn1nccc1-c1ccc(C(CCN2CCCCC2)NC(=O)c2cc3cc4c(nc3s2)CC[C@H](C(C)(C)C)C4)cc1. The molecule has 4 heterocycles.